The molecule has 10 nitrogen and oxygen atoms in total. The van der Waals surface area contributed by atoms with Gasteiger partial charge in [0.25, 0.3) is 5.91 Å². The number of carbonyl (C=O) groups is 2. The third-order valence-corrected chi connectivity index (χ3v) is 4.94. The Bertz CT molecular complexity index is 919. The number of nitrogens with one attached hydrogen (secondary N) is 1. The molecule has 0 spiro atoms. The predicted molar refractivity (Wildman–Crippen MR) is 101 cm³/mol. The summed E-state index contributed by atoms with van der Waals surface area (Å²) in [5.41, 5.74) is 0.864. The molecule has 2 aliphatic rings. The molecule has 0 bridgehead atoms. The lowest BCUT2D eigenvalue weighted by atomic mass is 10.2. The summed E-state index contributed by atoms with van der Waals surface area (Å²) in [5, 5.41) is 2.86. The van der Waals surface area contributed by atoms with Crippen LogP contribution in [0.4, 0.5) is 5.69 Å². The number of amides is 2. The molecule has 2 aromatic rings. The Hall–Kier alpha value is -3.27. The molecule has 4 rings (SSSR count). The molecule has 29 heavy (non-hydrogen) atoms. The van der Waals surface area contributed by atoms with E-state index in [1.54, 1.807) is 24.0 Å². The topological polar surface area (TPSA) is 106 Å². The van der Waals surface area contributed by atoms with Crippen LogP contribution < -0.4 is 19.5 Å². The summed E-state index contributed by atoms with van der Waals surface area (Å²) < 4.78 is 21.1. The maximum atomic E-state index is 12.5. The molecule has 154 valence electrons. The van der Waals surface area contributed by atoms with Gasteiger partial charge in [-0.05, 0) is 6.92 Å². The third-order valence-electron chi connectivity index (χ3n) is 4.94. The lowest BCUT2D eigenvalue weighted by Gasteiger charge is -2.34. The number of rotatable bonds is 5. The molecule has 2 amide bonds. The Labute approximate surface area is 167 Å². The van der Waals surface area contributed by atoms with E-state index in [0.29, 0.717) is 60.6 Å². The molecule has 2 aliphatic heterocycles. The molecule has 1 aromatic carbocycles. The summed E-state index contributed by atoms with van der Waals surface area (Å²) >= 11 is 0. The molecule has 1 fully saturated rings. The number of fused-ring (bicyclic) bond motifs is 1. The van der Waals surface area contributed by atoms with Crippen molar-refractivity contribution in [1.82, 2.24) is 14.8 Å². The summed E-state index contributed by atoms with van der Waals surface area (Å²) in [7, 11) is 1.53. The number of hydrogen-bond acceptors (Lipinski definition) is 8. The number of ether oxygens (including phenoxy) is 3. The van der Waals surface area contributed by atoms with Crippen molar-refractivity contribution in [2.45, 2.75) is 6.92 Å². The van der Waals surface area contributed by atoms with Gasteiger partial charge in [-0.15, -0.1) is 0 Å². The monoisotopic (exact) mass is 402 g/mol. The van der Waals surface area contributed by atoms with E-state index in [9.17, 15) is 9.59 Å². The Morgan fingerprint density at radius 1 is 1.17 bits per heavy atom. The van der Waals surface area contributed by atoms with Crippen molar-refractivity contribution in [1.29, 1.82) is 0 Å². The number of aromatic nitrogens is 1. The first kappa shape index (κ1) is 19.1. The maximum Gasteiger partial charge on any atom is 0.276 e. The van der Waals surface area contributed by atoms with Crippen LogP contribution in [-0.4, -0.2) is 73.2 Å². The zero-order valence-corrected chi connectivity index (χ0v) is 16.3. The second kappa shape index (κ2) is 8.00. The predicted octanol–water partition coefficient (Wildman–Crippen LogP) is 1.12. The molecule has 10 heteroatoms. The van der Waals surface area contributed by atoms with Crippen LogP contribution in [-0.2, 0) is 4.79 Å². The number of oxazole rings is 1. The smallest absolute Gasteiger partial charge is 0.276 e. The third kappa shape index (κ3) is 3.97. The zero-order chi connectivity index (χ0) is 20.4. The van der Waals surface area contributed by atoms with Gasteiger partial charge in [0.05, 0.1) is 19.3 Å². The van der Waals surface area contributed by atoms with Gasteiger partial charge in [-0.1, -0.05) is 0 Å². The number of nitrogens with zero attached hydrogens (tertiary/aromatic N) is 3. The van der Waals surface area contributed by atoms with Crippen molar-refractivity contribution in [2.75, 3.05) is 51.9 Å². The van der Waals surface area contributed by atoms with Gasteiger partial charge in [0, 0.05) is 38.3 Å². The molecule has 0 saturated carbocycles. The first-order valence-corrected chi connectivity index (χ1v) is 9.24. The lowest BCUT2D eigenvalue weighted by Crippen LogP contribution is -2.50. The molecule has 0 aliphatic carbocycles. The molecular formula is C19H22N4O6. The van der Waals surface area contributed by atoms with Crippen LogP contribution in [0.15, 0.2) is 22.9 Å². The maximum absolute atomic E-state index is 12.5. The van der Waals surface area contributed by atoms with E-state index in [1.807, 2.05) is 4.90 Å². The van der Waals surface area contributed by atoms with Gasteiger partial charge < -0.3 is 28.8 Å². The SMILES string of the molecule is COc1cc2c(cc1NC(=O)CN1CCN(C(=O)c3ncoc3C)CC1)OCO2. The number of benzene rings is 1. The molecule has 0 unspecified atom stereocenters. The van der Waals surface area contributed by atoms with Crippen LogP contribution in [0, 0.1) is 6.92 Å². The minimum atomic E-state index is -0.172. The zero-order valence-electron chi connectivity index (χ0n) is 16.3. The number of anilines is 1. The highest BCUT2D eigenvalue weighted by atomic mass is 16.7. The van der Waals surface area contributed by atoms with Crippen LogP contribution in [0.3, 0.4) is 0 Å². The van der Waals surface area contributed by atoms with Gasteiger partial charge in [0.15, 0.2) is 23.6 Å². The molecular weight excluding hydrogens is 380 g/mol. The van der Waals surface area contributed by atoms with Crippen LogP contribution in [0.25, 0.3) is 0 Å². The first-order chi connectivity index (χ1) is 14.0. The van der Waals surface area contributed by atoms with Crippen LogP contribution in [0.1, 0.15) is 16.2 Å². The highest BCUT2D eigenvalue weighted by molar-refractivity contribution is 5.94. The summed E-state index contributed by atoms with van der Waals surface area (Å²) in [6.45, 7) is 4.29. The Kier molecular flexibility index (Phi) is 5.26. The fourth-order valence-corrected chi connectivity index (χ4v) is 3.35. The summed E-state index contributed by atoms with van der Waals surface area (Å²) in [6, 6.07) is 3.38. The van der Waals surface area contributed by atoms with E-state index in [2.05, 4.69) is 10.3 Å². The first-order valence-electron chi connectivity index (χ1n) is 9.24. The second-order valence-corrected chi connectivity index (χ2v) is 6.78. The Balaban J connectivity index is 1.31. The Morgan fingerprint density at radius 2 is 1.90 bits per heavy atom. The number of carbonyl (C=O) groups excluding carboxylic acids is 2. The highest BCUT2D eigenvalue weighted by Gasteiger charge is 2.26. The van der Waals surface area contributed by atoms with Crippen molar-refractivity contribution in [3.63, 3.8) is 0 Å². The average molecular weight is 402 g/mol. The van der Waals surface area contributed by atoms with Crippen LogP contribution in [0.5, 0.6) is 17.2 Å². The minimum absolute atomic E-state index is 0.146. The van der Waals surface area contributed by atoms with Crippen LogP contribution in [0.2, 0.25) is 0 Å². The van der Waals surface area contributed by atoms with Crippen molar-refractivity contribution < 1.29 is 28.2 Å². The van der Waals surface area contributed by atoms with Crippen LogP contribution >= 0.6 is 0 Å². The summed E-state index contributed by atoms with van der Waals surface area (Å²) in [6.07, 6.45) is 1.27. The number of piperazine rings is 1. The van der Waals surface area contributed by atoms with Crippen molar-refractivity contribution in [2.24, 2.45) is 0 Å². The van der Waals surface area contributed by atoms with E-state index in [4.69, 9.17) is 18.6 Å². The van der Waals surface area contributed by atoms with E-state index < -0.39 is 0 Å². The van der Waals surface area contributed by atoms with E-state index in [1.165, 1.54) is 13.5 Å². The molecule has 3 heterocycles. The highest BCUT2D eigenvalue weighted by Crippen LogP contribution is 2.40. The minimum Gasteiger partial charge on any atom is -0.494 e. The van der Waals surface area contributed by atoms with Gasteiger partial charge in [-0.3, -0.25) is 14.5 Å². The molecule has 0 radical (unpaired) electrons. The standard InChI is InChI=1S/C19H22N4O6/c1-12-18(20-10-27-12)19(25)23-5-3-22(4-6-23)9-17(24)21-13-7-15-16(29-11-28-15)8-14(13)26-2/h7-8,10H,3-6,9,11H2,1-2H3,(H,21,24). The lowest BCUT2D eigenvalue weighted by molar-refractivity contribution is -0.117. The van der Waals surface area contributed by atoms with Crippen molar-refractivity contribution in [3.05, 3.63) is 30.0 Å². The Morgan fingerprint density at radius 3 is 2.55 bits per heavy atom. The molecule has 1 N–H and O–H groups in total. The number of aryl methyl sites for hydroxylation is 1. The van der Waals surface area contributed by atoms with E-state index >= 15 is 0 Å². The van der Waals surface area contributed by atoms with Gasteiger partial charge >= 0.3 is 0 Å². The van der Waals surface area contributed by atoms with Gasteiger partial charge in [-0.25, -0.2) is 4.98 Å². The van der Waals surface area contributed by atoms with Crippen molar-refractivity contribution in [3.8, 4) is 17.2 Å². The fraction of sp³-hybridized carbons (Fsp3) is 0.421. The normalized spacial score (nSPS) is 16.0. The quantitative estimate of drug-likeness (QED) is 0.793. The molecule has 0 atom stereocenters. The van der Waals surface area contributed by atoms with Crippen molar-refractivity contribution >= 4 is 17.5 Å². The average Bonchev–Trinajstić information content (AvgIpc) is 3.35. The summed E-state index contributed by atoms with van der Waals surface area (Å²) in [4.78, 5) is 32.7. The van der Waals surface area contributed by atoms with Gasteiger partial charge in [0.1, 0.15) is 11.5 Å². The van der Waals surface area contributed by atoms with Gasteiger partial charge in [-0.2, -0.15) is 0 Å². The molecule has 1 aromatic heterocycles. The van der Waals surface area contributed by atoms with E-state index in [0.717, 1.165) is 0 Å². The number of hydrogen-bond donors (Lipinski definition) is 1. The number of methoxy groups -OCH3 is 1. The second-order valence-electron chi connectivity index (χ2n) is 6.78. The summed E-state index contributed by atoms with van der Waals surface area (Å²) in [5.74, 6) is 1.84. The largest absolute Gasteiger partial charge is 0.494 e. The van der Waals surface area contributed by atoms with Gasteiger partial charge in [0.2, 0.25) is 12.7 Å². The fourth-order valence-electron chi connectivity index (χ4n) is 3.35. The molecule has 1 saturated heterocycles. The van der Waals surface area contributed by atoms with E-state index in [-0.39, 0.29) is 25.2 Å².